The van der Waals surface area contributed by atoms with Gasteiger partial charge in [0.1, 0.15) is 4.70 Å². The summed E-state index contributed by atoms with van der Waals surface area (Å²) in [4.78, 5) is 29.8. The fourth-order valence-corrected chi connectivity index (χ4v) is 4.22. The first-order valence-corrected chi connectivity index (χ1v) is 10.4. The van der Waals surface area contributed by atoms with E-state index in [1.165, 1.54) is 23.1 Å². The zero-order valence-electron chi connectivity index (χ0n) is 15.0. The van der Waals surface area contributed by atoms with Crippen LogP contribution >= 0.6 is 23.1 Å². The van der Waals surface area contributed by atoms with Gasteiger partial charge in [0.2, 0.25) is 5.91 Å². The zero-order chi connectivity index (χ0) is 18.7. The number of nitrogens with one attached hydrogen (secondary N) is 1. The maximum absolute atomic E-state index is 13.1. The van der Waals surface area contributed by atoms with E-state index in [-0.39, 0.29) is 17.2 Å². The Balaban J connectivity index is 2.08. The first-order valence-electron chi connectivity index (χ1n) is 8.49. The number of aryl methyl sites for hydroxylation is 1. The van der Waals surface area contributed by atoms with Gasteiger partial charge in [0, 0.05) is 6.54 Å². The van der Waals surface area contributed by atoms with Crippen molar-refractivity contribution in [2.75, 3.05) is 12.3 Å². The normalized spacial score (nSPS) is 11.0. The molecule has 26 heavy (non-hydrogen) atoms. The van der Waals surface area contributed by atoms with Crippen molar-refractivity contribution in [3.63, 3.8) is 0 Å². The molecule has 0 aliphatic carbocycles. The fourth-order valence-electron chi connectivity index (χ4n) is 2.62. The lowest BCUT2D eigenvalue weighted by Gasteiger charge is -2.15. The molecule has 0 atom stereocenters. The van der Waals surface area contributed by atoms with E-state index in [1.807, 2.05) is 50.4 Å². The summed E-state index contributed by atoms with van der Waals surface area (Å²) in [5.41, 5.74) is 3.55. The highest BCUT2D eigenvalue weighted by Gasteiger charge is 2.17. The molecular formula is C19H21N3O2S2. The van der Waals surface area contributed by atoms with E-state index in [2.05, 4.69) is 10.3 Å². The van der Waals surface area contributed by atoms with E-state index >= 15 is 0 Å². The number of nitrogens with zero attached hydrogens (tertiary/aromatic N) is 2. The molecule has 0 bridgehead atoms. The molecular weight excluding hydrogens is 366 g/mol. The smallest absolute Gasteiger partial charge is 0.276 e. The first-order chi connectivity index (χ1) is 12.5. The fraction of sp³-hybridized carbons (Fsp3) is 0.316. The summed E-state index contributed by atoms with van der Waals surface area (Å²) >= 11 is 2.68. The van der Waals surface area contributed by atoms with Crippen LogP contribution in [0, 0.1) is 13.8 Å². The average Bonchev–Trinajstić information content (AvgIpc) is 3.10. The topological polar surface area (TPSA) is 64.0 Å². The predicted molar refractivity (Wildman–Crippen MR) is 109 cm³/mol. The summed E-state index contributed by atoms with van der Waals surface area (Å²) in [6.45, 7) is 6.68. The number of amides is 1. The minimum absolute atomic E-state index is 0.0518. The molecule has 0 saturated carbocycles. The lowest BCUT2D eigenvalue weighted by molar-refractivity contribution is -0.118. The van der Waals surface area contributed by atoms with Crippen LogP contribution in [-0.4, -0.2) is 27.8 Å². The summed E-state index contributed by atoms with van der Waals surface area (Å²) < 4.78 is 2.27. The molecule has 5 nitrogen and oxygen atoms in total. The monoisotopic (exact) mass is 387 g/mol. The highest BCUT2D eigenvalue weighted by Crippen LogP contribution is 2.25. The van der Waals surface area contributed by atoms with E-state index in [4.69, 9.17) is 0 Å². The van der Waals surface area contributed by atoms with Crippen LogP contribution in [0.3, 0.4) is 0 Å². The maximum Gasteiger partial charge on any atom is 0.276 e. The summed E-state index contributed by atoms with van der Waals surface area (Å²) in [5, 5.41) is 5.27. The Labute approximate surface area is 160 Å². The van der Waals surface area contributed by atoms with Crippen molar-refractivity contribution in [3.05, 3.63) is 51.1 Å². The molecule has 1 aromatic carbocycles. The number of thioether (sulfide) groups is 1. The Morgan fingerprint density at radius 1 is 1.31 bits per heavy atom. The Bertz CT molecular complexity index is 1010. The molecule has 0 aliphatic heterocycles. The molecule has 1 N–H and O–H groups in total. The van der Waals surface area contributed by atoms with Crippen LogP contribution in [0.2, 0.25) is 0 Å². The lowest BCUT2D eigenvalue weighted by Crippen LogP contribution is -2.27. The van der Waals surface area contributed by atoms with Crippen LogP contribution in [0.15, 0.2) is 39.6 Å². The summed E-state index contributed by atoms with van der Waals surface area (Å²) in [7, 11) is 0. The molecule has 0 aliphatic rings. The van der Waals surface area contributed by atoms with E-state index in [0.29, 0.717) is 21.9 Å². The van der Waals surface area contributed by atoms with E-state index in [1.54, 1.807) is 4.57 Å². The standard InChI is InChI=1S/C19H21N3O2S2/c1-4-9-20-16(23)11-26-19-21-14-8-10-25-17(14)18(24)22(19)15-7-5-6-12(2)13(15)3/h5-8,10H,4,9,11H2,1-3H3,(H,20,23). The van der Waals surface area contributed by atoms with E-state index < -0.39 is 0 Å². The van der Waals surface area contributed by atoms with Gasteiger partial charge >= 0.3 is 0 Å². The molecule has 2 aromatic heterocycles. The van der Waals surface area contributed by atoms with Crippen molar-refractivity contribution in [2.45, 2.75) is 32.3 Å². The Hall–Kier alpha value is -2.12. The highest BCUT2D eigenvalue weighted by atomic mass is 32.2. The van der Waals surface area contributed by atoms with Crippen LogP contribution in [0.25, 0.3) is 15.9 Å². The molecule has 2 heterocycles. The van der Waals surface area contributed by atoms with E-state index in [9.17, 15) is 9.59 Å². The number of rotatable bonds is 6. The van der Waals surface area contributed by atoms with Gasteiger partial charge in [-0.1, -0.05) is 30.8 Å². The number of aromatic nitrogens is 2. The molecule has 1 amide bonds. The molecule has 3 rings (SSSR count). The maximum atomic E-state index is 13.1. The molecule has 0 fully saturated rings. The number of thiophene rings is 1. The first kappa shape index (κ1) is 18.7. The van der Waals surface area contributed by atoms with Crippen molar-refractivity contribution in [1.82, 2.24) is 14.9 Å². The molecule has 136 valence electrons. The van der Waals surface area contributed by atoms with Crippen LogP contribution in [0.4, 0.5) is 0 Å². The highest BCUT2D eigenvalue weighted by molar-refractivity contribution is 7.99. The molecule has 0 radical (unpaired) electrons. The van der Waals surface area contributed by atoms with Crippen LogP contribution in [0.5, 0.6) is 0 Å². The van der Waals surface area contributed by atoms with Gasteiger partial charge in [-0.2, -0.15) is 0 Å². The zero-order valence-corrected chi connectivity index (χ0v) is 16.7. The average molecular weight is 388 g/mol. The van der Waals surface area contributed by atoms with Gasteiger partial charge in [0.15, 0.2) is 5.16 Å². The number of hydrogen-bond acceptors (Lipinski definition) is 5. The third-order valence-corrected chi connectivity index (χ3v) is 6.00. The van der Waals surface area contributed by atoms with Gasteiger partial charge in [-0.05, 0) is 48.9 Å². The molecule has 7 heteroatoms. The van der Waals surface area contributed by atoms with Gasteiger partial charge in [0.25, 0.3) is 5.56 Å². The molecule has 0 spiro atoms. The van der Waals surface area contributed by atoms with Gasteiger partial charge in [-0.15, -0.1) is 11.3 Å². The predicted octanol–water partition coefficient (Wildman–Crippen LogP) is 3.68. The minimum Gasteiger partial charge on any atom is -0.355 e. The van der Waals surface area contributed by atoms with E-state index in [0.717, 1.165) is 23.2 Å². The second-order valence-electron chi connectivity index (χ2n) is 6.03. The van der Waals surface area contributed by atoms with Crippen molar-refractivity contribution in [1.29, 1.82) is 0 Å². The van der Waals surface area contributed by atoms with Crippen LogP contribution < -0.4 is 10.9 Å². The van der Waals surface area contributed by atoms with Crippen molar-refractivity contribution >= 4 is 39.2 Å². The Morgan fingerprint density at radius 3 is 2.88 bits per heavy atom. The molecule has 0 saturated heterocycles. The van der Waals surface area contributed by atoms with Crippen LogP contribution in [0.1, 0.15) is 24.5 Å². The molecule has 0 unspecified atom stereocenters. The Kier molecular flexibility index (Phi) is 5.78. The summed E-state index contributed by atoms with van der Waals surface area (Å²) in [6, 6.07) is 7.72. The number of fused-ring (bicyclic) bond motifs is 1. The van der Waals surface area contributed by atoms with Crippen LogP contribution in [-0.2, 0) is 4.79 Å². The SMILES string of the molecule is CCCNC(=O)CSc1nc2ccsc2c(=O)n1-c1cccc(C)c1C. The lowest BCUT2D eigenvalue weighted by atomic mass is 10.1. The number of benzene rings is 1. The van der Waals surface area contributed by atoms with Crippen molar-refractivity contribution in [2.24, 2.45) is 0 Å². The third-order valence-electron chi connectivity index (χ3n) is 4.17. The van der Waals surface area contributed by atoms with Crippen molar-refractivity contribution in [3.8, 4) is 5.69 Å². The Morgan fingerprint density at radius 2 is 2.12 bits per heavy atom. The van der Waals surface area contributed by atoms with Gasteiger partial charge in [-0.3, -0.25) is 14.2 Å². The minimum atomic E-state index is -0.0878. The summed E-state index contributed by atoms with van der Waals surface area (Å²) in [6.07, 6.45) is 0.892. The van der Waals surface area contributed by atoms with Gasteiger partial charge in [-0.25, -0.2) is 4.98 Å². The molecule has 3 aromatic rings. The van der Waals surface area contributed by atoms with Gasteiger partial charge in [0.05, 0.1) is 17.0 Å². The quantitative estimate of drug-likeness (QED) is 0.518. The van der Waals surface area contributed by atoms with Crippen molar-refractivity contribution < 1.29 is 4.79 Å². The summed E-state index contributed by atoms with van der Waals surface area (Å²) in [5.74, 6) is 0.177. The number of carbonyl (C=O) groups excluding carboxylic acids is 1. The second kappa shape index (κ2) is 8.05. The second-order valence-corrected chi connectivity index (χ2v) is 7.89. The van der Waals surface area contributed by atoms with Gasteiger partial charge < -0.3 is 5.32 Å². The number of carbonyl (C=O) groups is 1. The largest absolute Gasteiger partial charge is 0.355 e. The third kappa shape index (κ3) is 3.68. The number of hydrogen-bond donors (Lipinski definition) is 1.